The van der Waals surface area contributed by atoms with Gasteiger partial charge >= 0.3 is 0 Å². The Kier molecular flexibility index (Phi) is 4.56. The second-order valence-electron chi connectivity index (χ2n) is 7.31. The normalized spacial score (nSPS) is 23.3. The van der Waals surface area contributed by atoms with Gasteiger partial charge in [-0.1, -0.05) is 0 Å². The van der Waals surface area contributed by atoms with Gasteiger partial charge in [0, 0.05) is 32.1 Å². The van der Waals surface area contributed by atoms with Crippen LogP contribution in [0.3, 0.4) is 0 Å². The molecule has 8 heteroatoms. The first-order valence-electron chi connectivity index (χ1n) is 9.15. The van der Waals surface area contributed by atoms with Crippen LogP contribution in [0.25, 0.3) is 0 Å². The molecule has 142 valence electrons. The van der Waals surface area contributed by atoms with Crippen molar-refractivity contribution in [1.82, 2.24) is 9.62 Å². The average molecular weight is 380 g/mol. The molecule has 1 N–H and O–H groups in total. The van der Waals surface area contributed by atoms with E-state index in [4.69, 9.17) is 9.47 Å². The minimum absolute atomic E-state index is 0.0813. The Morgan fingerprint density at radius 1 is 1.00 bits per heavy atom. The molecule has 4 rings (SSSR count). The molecule has 1 spiro atoms. The molecule has 1 aromatic carbocycles. The number of nitrogens with zero attached hydrogens (tertiary/aromatic N) is 1. The van der Waals surface area contributed by atoms with E-state index in [1.807, 2.05) is 0 Å². The van der Waals surface area contributed by atoms with Crippen LogP contribution in [0.5, 0.6) is 11.5 Å². The lowest BCUT2D eigenvalue weighted by atomic mass is 9.73. The molecule has 7 nitrogen and oxygen atoms in total. The molecule has 0 unspecified atom stereocenters. The van der Waals surface area contributed by atoms with Crippen LogP contribution in [0, 0.1) is 5.41 Å². The van der Waals surface area contributed by atoms with Gasteiger partial charge in [-0.2, -0.15) is 4.31 Å². The van der Waals surface area contributed by atoms with Crippen LogP contribution < -0.4 is 14.8 Å². The highest BCUT2D eigenvalue weighted by Gasteiger charge is 2.39. The number of nitrogens with one attached hydrogen (secondary N) is 1. The lowest BCUT2D eigenvalue weighted by Crippen LogP contribution is -2.43. The van der Waals surface area contributed by atoms with Crippen molar-refractivity contribution in [3.05, 3.63) is 18.2 Å². The summed E-state index contributed by atoms with van der Waals surface area (Å²) in [6, 6.07) is 4.80. The second kappa shape index (κ2) is 6.74. The largest absolute Gasteiger partial charge is 0.486 e. The van der Waals surface area contributed by atoms with Crippen molar-refractivity contribution in [3.8, 4) is 11.5 Å². The van der Waals surface area contributed by atoms with Gasteiger partial charge in [0.25, 0.3) is 0 Å². The molecule has 26 heavy (non-hydrogen) atoms. The Bertz CT molecular complexity index is 800. The van der Waals surface area contributed by atoms with Gasteiger partial charge in [0.05, 0.1) is 4.90 Å². The van der Waals surface area contributed by atoms with E-state index in [0.717, 1.165) is 25.7 Å². The van der Waals surface area contributed by atoms with Crippen LogP contribution in [0.1, 0.15) is 32.1 Å². The zero-order chi connectivity index (χ0) is 18.2. The summed E-state index contributed by atoms with van der Waals surface area (Å²) in [5, 5.41) is 2.92. The standard InChI is InChI=1S/C18H24N2O5S/c21-17-3-4-18(5-8-19-17)6-9-20(10-7-18)26(22,23)14-1-2-15-16(13-14)25-12-11-24-15/h1-2,13H,3-12H2,(H,19,21). The lowest BCUT2D eigenvalue weighted by molar-refractivity contribution is -0.120. The Balaban J connectivity index is 1.49. The fourth-order valence-electron chi connectivity index (χ4n) is 4.09. The van der Waals surface area contributed by atoms with E-state index in [2.05, 4.69) is 5.32 Å². The monoisotopic (exact) mass is 380 g/mol. The maximum Gasteiger partial charge on any atom is 0.243 e. The maximum absolute atomic E-state index is 13.0. The van der Waals surface area contributed by atoms with Crippen molar-refractivity contribution in [2.24, 2.45) is 5.41 Å². The first-order valence-corrected chi connectivity index (χ1v) is 10.6. The summed E-state index contributed by atoms with van der Waals surface area (Å²) in [5.74, 6) is 1.18. The third-order valence-electron chi connectivity index (χ3n) is 5.79. The number of hydrogen-bond donors (Lipinski definition) is 1. The third-order valence-corrected chi connectivity index (χ3v) is 7.69. The molecule has 0 aromatic heterocycles. The molecule has 0 saturated carbocycles. The van der Waals surface area contributed by atoms with E-state index in [1.54, 1.807) is 22.5 Å². The molecule has 0 radical (unpaired) electrons. The Morgan fingerprint density at radius 2 is 1.73 bits per heavy atom. The number of hydrogen-bond acceptors (Lipinski definition) is 5. The molecule has 1 aromatic rings. The van der Waals surface area contributed by atoms with Gasteiger partial charge in [-0.05, 0) is 43.2 Å². The van der Waals surface area contributed by atoms with Gasteiger partial charge in [0.1, 0.15) is 13.2 Å². The van der Waals surface area contributed by atoms with Crippen LogP contribution in [0.15, 0.2) is 23.1 Å². The number of carbonyl (C=O) groups excluding carboxylic acids is 1. The van der Waals surface area contributed by atoms with Crippen molar-refractivity contribution in [2.75, 3.05) is 32.8 Å². The minimum Gasteiger partial charge on any atom is -0.486 e. The number of piperidine rings is 1. The summed E-state index contributed by atoms with van der Waals surface area (Å²) in [6.07, 6.45) is 3.90. The number of rotatable bonds is 2. The number of carbonyl (C=O) groups is 1. The second-order valence-corrected chi connectivity index (χ2v) is 9.25. The van der Waals surface area contributed by atoms with Crippen LogP contribution >= 0.6 is 0 Å². The van der Waals surface area contributed by atoms with E-state index in [1.165, 1.54) is 0 Å². The number of fused-ring (bicyclic) bond motifs is 1. The fourth-order valence-corrected chi connectivity index (χ4v) is 5.55. The third kappa shape index (κ3) is 3.27. The van der Waals surface area contributed by atoms with E-state index in [9.17, 15) is 13.2 Å². The first kappa shape index (κ1) is 17.6. The number of ether oxygens (including phenoxy) is 2. The predicted molar refractivity (Wildman–Crippen MR) is 94.7 cm³/mol. The average Bonchev–Trinajstić information content (AvgIpc) is 2.83. The minimum atomic E-state index is -3.56. The predicted octanol–water partition coefficient (Wildman–Crippen LogP) is 1.53. The molecule has 3 heterocycles. The van der Waals surface area contributed by atoms with Gasteiger partial charge < -0.3 is 14.8 Å². The molecular weight excluding hydrogens is 356 g/mol. The molecule has 0 atom stereocenters. The summed E-state index contributed by atoms with van der Waals surface area (Å²) < 4.78 is 38.6. The van der Waals surface area contributed by atoms with Gasteiger partial charge in [-0.25, -0.2) is 8.42 Å². The van der Waals surface area contributed by atoms with Gasteiger partial charge in [-0.15, -0.1) is 0 Å². The molecule has 0 aliphatic carbocycles. The summed E-state index contributed by atoms with van der Waals surface area (Å²) >= 11 is 0. The summed E-state index contributed by atoms with van der Waals surface area (Å²) in [5.41, 5.74) is 0.0813. The lowest BCUT2D eigenvalue weighted by Gasteiger charge is -2.40. The van der Waals surface area contributed by atoms with Crippen LogP contribution in [0.4, 0.5) is 0 Å². The highest BCUT2D eigenvalue weighted by Crippen LogP contribution is 2.42. The van der Waals surface area contributed by atoms with Crippen molar-refractivity contribution in [3.63, 3.8) is 0 Å². The molecule has 2 fully saturated rings. The van der Waals surface area contributed by atoms with E-state index in [-0.39, 0.29) is 16.2 Å². The van der Waals surface area contributed by atoms with Gasteiger partial charge in [0.2, 0.25) is 15.9 Å². The highest BCUT2D eigenvalue weighted by atomic mass is 32.2. The van der Waals surface area contributed by atoms with Gasteiger partial charge in [0.15, 0.2) is 11.5 Å². The van der Waals surface area contributed by atoms with Crippen molar-refractivity contribution < 1.29 is 22.7 Å². The molecule has 1 amide bonds. The highest BCUT2D eigenvalue weighted by molar-refractivity contribution is 7.89. The quantitative estimate of drug-likeness (QED) is 0.841. The van der Waals surface area contributed by atoms with Crippen LogP contribution in [-0.2, 0) is 14.8 Å². The van der Waals surface area contributed by atoms with Crippen LogP contribution in [-0.4, -0.2) is 51.5 Å². The first-order chi connectivity index (χ1) is 12.5. The number of amides is 1. The van der Waals surface area contributed by atoms with E-state index in [0.29, 0.717) is 50.8 Å². The molecule has 2 saturated heterocycles. The Morgan fingerprint density at radius 3 is 2.50 bits per heavy atom. The smallest absolute Gasteiger partial charge is 0.243 e. The van der Waals surface area contributed by atoms with E-state index < -0.39 is 10.0 Å². The van der Waals surface area contributed by atoms with Crippen molar-refractivity contribution in [2.45, 2.75) is 37.0 Å². The molecule has 3 aliphatic rings. The van der Waals surface area contributed by atoms with E-state index >= 15 is 0 Å². The molecular formula is C18H24N2O5S. The van der Waals surface area contributed by atoms with Crippen LogP contribution in [0.2, 0.25) is 0 Å². The maximum atomic E-state index is 13.0. The Hall–Kier alpha value is -1.80. The summed E-state index contributed by atoms with van der Waals surface area (Å²) in [6.45, 7) is 2.57. The number of benzene rings is 1. The number of sulfonamides is 1. The molecule has 3 aliphatic heterocycles. The fraction of sp³-hybridized carbons (Fsp3) is 0.611. The Labute approximate surface area is 153 Å². The topological polar surface area (TPSA) is 84.9 Å². The zero-order valence-corrected chi connectivity index (χ0v) is 15.5. The molecule has 0 bridgehead atoms. The van der Waals surface area contributed by atoms with Gasteiger partial charge in [-0.3, -0.25) is 4.79 Å². The van der Waals surface area contributed by atoms with Crippen molar-refractivity contribution in [1.29, 1.82) is 0 Å². The van der Waals surface area contributed by atoms with Crippen molar-refractivity contribution >= 4 is 15.9 Å². The summed E-state index contributed by atoms with van der Waals surface area (Å²) in [4.78, 5) is 11.8. The zero-order valence-electron chi connectivity index (χ0n) is 14.7. The SMILES string of the molecule is O=C1CCC2(CCN1)CCN(S(=O)(=O)c1ccc3c(c1)OCCO3)CC2. The summed E-state index contributed by atoms with van der Waals surface area (Å²) in [7, 11) is -3.56.